The molecule has 1 aromatic rings. The van der Waals surface area contributed by atoms with Gasteiger partial charge in [0.05, 0.1) is 0 Å². The van der Waals surface area contributed by atoms with E-state index in [9.17, 15) is 0 Å². The van der Waals surface area contributed by atoms with E-state index in [1.54, 1.807) is 0 Å². The molecule has 0 aliphatic heterocycles. The lowest BCUT2D eigenvalue weighted by Crippen LogP contribution is -2.38. The molecule has 3 rings (SSSR count). The third kappa shape index (κ3) is 2.82. The van der Waals surface area contributed by atoms with E-state index < -0.39 is 0 Å². The number of ether oxygens (including phenoxy) is 1. The topological polar surface area (TPSA) is 60.2 Å². The van der Waals surface area contributed by atoms with Gasteiger partial charge in [-0.15, -0.1) is 0 Å². The van der Waals surface area contributed by atoms with Crippen LogP contribution in [0.5, 0.6) is 0 Å². The number of rotatable bonds is 5. The van der Waals surface area contributed by atoms with Crippen LogP contribution < -0.4 is 5.32 Å². The van der Waals surface area contributed by atoms with Gasteiger partial charge in [0.15, 0.2) is 0 Å². The number of nitrogens with zero attached hydrogens (tertiary/aromatic N) is 2. The SMILES string of the molecule is CCOC1(c2noc(NC3CC3)n2)CCC(C)(C)CC1. The maximum Gasteiger partial charge on any atom is 0.321 e. The van der Waals surface area contributed by atoms with E-state index in [0.29, 0.717) is 24.1 Å². The van der Waals surface area contributed by atoms with Gasteiger partial charge in [-0.25, -0.2) is 0 Å². The van der Waals surface area contributed by atoms with Gasteiger partial charge in [0.25, 0.3) is 0 Å². The van der Waals surface area contributed by atoms with Crippen molar-refractivity contribution < 1.29 is 9.26 Å². The third-order valence-electron chi connectivity index (χ3n) is 4.57. The minimum Gasteiger partial charge on any atom is -0.367 e. The molecule has 0 aromatic carbocycles. The summed E-state index contributed by atoms with van der Waals surface area (Å²) in [6, 6.07) is 1.07. The minimum atomic E-state index is -0.350. The average molecular weight is 279 g/mol. The lowest BCUT2D eigenvalue weighted by molar-refractivity contribution is -0.0957. The first-order valence-corrected chi connectivity index (χ1v) is 7.78. The summed E-state index contributed by atoms with van der Waals surface area (Å²) >= 11 is 0. The highest BCUT2D eigenvalue weighted by molar-refractivity contribution is 5.25. The predicted molar refractivity (Wildman–Crippen MR) is 76.5 cm³/mol. The first-order valence-electron chi connectivity index (χ1n) is 7.78. The molecule has 1 N–H and O–H groups in total. The molecule has 2 fully saturated rings. The second-order valence-electron chi connectivity index (χ2n) is 6.93. The van der Waals surface area contributed by atoms with E-state index in [4.69, 9.17) is 9.26 Å². The zero-order valence-electron chi connectivity index (χ0n) is 12.7. The van der Waals surface area contributed by atoms with E-state index in [2.05, 4.69) is 29.3 Å². The molecule has 0 bridgehead atoms. The lowest BCUT2D eigenvalue weighted by Gasteiger charge is -2.41. The van der Waals surface area contributed by atoms with Crippen molar-refractivity contribution in [2.75, 3.05) is 11.9 Å². The Morgan fingerprint density at radius 1 is 1.25 bits per heavy atom. The molecule has 0 spiro atoms. The Kier molecular flexibility index (Phi) is 3.48. The quantitative estimate of drug-likeness (QED) is 0.894. The Labute approximate surface area is 120 Å². The Morgan fingerprint density at radius 3 is 2.55 bits per heavy atom. The van der Waals surface area contributed by atoms with Gasteiger partial charge in [0.2, 0.25) is 5.82 Å². The average Bonchev–Trinajstić information content (AvgIpc) is 3.08. The molecule has 0 saturated heterocycles. The van der Waals surface area contributed by atoms with Gasteiger partial charge in [-0.05, 0) is 50.9 Å². The van der Waals surface area contributed by atoms with Crippen LogP contribution >= 0.6 is 0 Å². The summed E-state index contributed by atoms with van der Waals surface area (Å²) < 4.78 is 11.4. The summed E-state index contributed by atoms with van der Waals surface area (Å²) in [5.41, 5.74) is 0.0384. The van der Waals surface area contributed by atoms with Crippen LogP contribution in [0.4, 0.5) is 6.01 Å². The van der Waals surface area contributed by atoms with Gasteiger partial charge in [0.1, 0.15) is 5.60 Å². The van der Waals surface area contributed by atoms with Crippen LogP contribution in [0.3, 0.4) is 0 Å². The standard InChI is InChI=1S/C15H25N3O2/c1-4-19-15(9-7-14(2,3)8-10-15)12-17-13(20-18-12)16-11-5-6-11/h11H,4-10H2,1-3H3,(H,16,17,18). The maximum atomic E-state index is 6.07. The van der Waals surface area contributed by atoms with Gasteiger partial charge in [0, 0.05) is 12.6 Å². The Morgan fingerprint density at radius 2 is 1.95 bits per heavy atom. The van der Waals surface area contributed by atoms with Gasteiger partial charge >= 0.3 is 6.01 Å². The molecule has 0 unspecified atom stereocenters. The molecule has 1 heterocycles. The molecule has 5 nitrogen and oxygen atoms in total. The van der Waals surface area contributed by atoms with Crippen molar-refractivity contribution >= 4 is 6.01 Å². The van der Waals surface area contributed by atoms with Crippen molar-refractivity contribution in [1.29, 1.82) is 0 Å². The van der Waals surface area contributed by atoms with Crippen LogP contribution in [-0.4, -0.2) is 22.8 Å². The van der Waals surface area contributed by atoms with E-state index in [-0.39, 0.29) is 5.60 Å². The van der Waals surface area contributed by atoms with Gasteiger partial charge in [-0.1, -0.05) is 19.0 Å². The summed E-state index contributed by atoms with van der Waals surface area (Å²) in [6.45, 7) is 7.35. The first kappa shape index (κ1) is 13.9. The normalized spacial score (nSPS) is 24.6. The van der Waals surface area contributed by atoms with Crippen LogP contribution in [0.15, 0.2) is 4.52 Å². The van der Waals surface area contributed by atoms with E-state index in [1.165, 1.54) is 12.8 Å². The molecule has 0 atom stereocenters. The molecule has 0 amide bonds. The van der Waals surface area contributed by atoms with Crippen molar-refractivity contribution in [2.24, 2.45) is 5.41 Å². The second kappa shape index (κ2) is 5.02. The molecular formula is C15H25N3O2. The Hall–Kier alpha value is -1.10. The highest BCUT2D eigenvalue weighted by Gasteiger charge is 2.44. The number of hydrogen-bond acceptors (Lipinski definition) is 5. The molecule has 0 radical (unpaired) electrons. The molecule has 2 aliphatic carbocycles. The lowest BCUT2D eigenvalue weighted by atomic mass is 9.70. The zero-order chi connectivity index (χ0) is 14.2. The predicted octanol–water partition coefficient (Wildman–Crippen LogP) is 3.48. The fourth-order valence-electron chi connectivity index (χ4n) is 2.91. The summed E-state index contributed by atoms with van der Waals surface area (Å²) in [6.07, 6.45) is 6.59. The van der Waals surface area contributed by atoms with Gasteiger partial charge in [-0.2, -0.15) is 4.98 Å². The Bertz CT molecular complexity index is 455. The molecular weight excluding hydrogens is 254 g/mol. The first-order chi connectivity index (χ1) is 9.53. The van der Waals surface area contributed by atoms with E-state index in [1.807, 2.05) is 6.92 Å². The highest BCUT2D eigenvalue weighted by atomic mass is 16.5. The van der Waals surface area contributed by atoms with Gasteiger partial charge in [-0.3, -0.25) is 0 Å². The highest BCUT2D eigenvalue weighted by Crippen LogP contribution is 2.46. The monoisotopic (exact) mass is 279 g/mol. The van der Waals surface area contributed by atoms with Gasteiger partial charge < -0.3 is 14.6 Å². The molecule has 20 heavy (non-hydrogen) atoms. The fourth-order valence-corrected chi connectivity index (χ4v) is 2.91. The molecule has 112 valence electrons. The smallest absolute Gasteiger partial charge is 0.321 e. The summed E-state index contributed by atoms with van der Waals surface area (Å²) in [5, 5.41) is 7.44. The molecule has 1 aromatic heterocycles. The third-order valence-corrected chi connectivity index (χ3v) is 4.57. The minimum absolute atomic E-state index is 0.350. The van der Waals surface area contributed by atoms with E-state index >= 15 is 0 Å². The van der Waals surface area contributed by atoms with Crippen LogP contribution in [0.1, 0.15) is 65.1 Å². The zero-order valence-corrected chi connectivity index (χ0v) is 12.7. The van der Waals surface area contributed by atoms with E-state index in [0.717, 1.165) is 31.5 Å². The fraction of sp³-hybridized carbons (Fsp3) is 0.867. The van der Waals surface area contributed by atoms with Crippen LogP contribution in [0, 0.1) is 5.41 Å². The number of aromatic nitrogens is 2. The molecule has 2 saturated carbocycles. The summed E-state index contributed by atoms with van der Waals surface area (Å²) in [5.74, 6) is 0.720. The largest absolute Gasteiger partial charge is 0.367 e. The summed E-state index contributed by atoms with van der Waals surface area (Å²) in [7, 11) is 0. The van der Waals surface area contributed by atoms with Crippen LogP contribution in [0.25, 0.3) is 0 Å². The number of nitrogens with one attached hydrogen (secondary N) is 1. The second-order valence-corrected chi connectivity index (χ2v) is 6.93. The maximum absolute atomic E-state index is 6.07. The van der Waals surface area contributed by atoms with Crippen molar-refractivity contribution in [1.82, 2.24) is 10.1 Å². The Balaban J connectivity index is 1.77. The summed E-state index contributed by atoms with van der Waals surface area (Å²) in [4.78, 5) is 4.54. The van der Waals surface area contributed by atoms with Crippen LogP contribution in [0.2, 0.25) is 0 Å². The van der Waals surface area contributed by atoms with Crippen LogP contribution in [-0.2, 0) is 10.3 Å². The van der Waals surface area contributed by atoms with Crippen molar-refractivity contribution in [3.63, 3.8) is 0 Å². The number of anilines is 1. The van der Waals surface area contributed by atoms with Crippen molar-refractivity contribution in [3.05, 3.63) is 5.82 Å². The molecule has 5 heteroatoms. The van der Waals surface area contributed by atoms with Crippen molar-refractivity contribution in [3.8, 4) is 0 Å². The number of hydrogen-bond donors (Lipinski definition) is 1. The molecule has 2 aliphatic rings. The van der Waals surface area contributed by atoms with Crippen molar-refractivity contribution in [2.45, 2.75) is 70.9 Å².